The van der Waals surface area contributed by atoms with Crippen LogP contribution in [0.2, 0.25) is 0 Å². The van der Waals surface area contributed by atoms with Crippen LogP contribution in [-0.2, 0) is 10.2 Å². The van der Waals surface area contributed by atoms with E-state index in [9.17, 15) is 4.79 Å². The standard InChI is InChI=1S/C12H18N2O/c1-12(2,3)9-5-4-6-10(7-9)14-11(15)8-13/h4-7H,8,13H2,1-3H3,(H,14,15). The minimum absolute atomic E-state index is 0.0136. The third-order valence-electron chi connectivity index (χ3n) is 2.20. The topological polar surface area (TPSA) is 55.1 Å². The lowest BCUT2D eigenvalue weighted by Gasteiger charge is -2.19. The summed E-state index contributed by atoms with van der Waals surface area (Å²) in [5.41, 5.74) is 7.31. The normalized spacial score (nSPS) is 11.2. The molecule has 0 spiro atoms. The molecule has 0 saturated heterocycles. The molecule has 0 aliphatic carbocycles. The Morgan fingerprint density at radius 2 is 2.07 bits per heavy atom. The number of hydrogen-bond acceptors (Lipinski definition) is 2. The fourth-order valence-electron chi connectivity index (χ4n) is 1.28. The largest absolute Gasteiger partial charge is 0.325 e. The fourth-order valence-corrected chi connectivity index (χ4v) is 1.28. The van der Waals surface area contributed by atoms with Crippen LogP contribution in [0.5, 0.6) is 0 Å². The van der Waals surface area contributed by atoms with Crippen LogP contribution in [0.3, 0.4) is 0 Å². The number of carbonyl (C=O) groups is 1. The molecule has 3 heteroatoms. The smallest absolute Gasteiger partial charge is 0.238 e. The number of hydrogen-bond donors (Lipinski definition) is 2. The second-order valence-corrected chi connectivity index (χ2v) is 4.58. The fraction of sp³-hybridized carbons (Fsp3) is 0.417. The van der Waals surface area contributed by atoms with Gasteiger partial charge in [-0.15, -0.1) is 0 Å². The maximum atomic E-state index is 11.1. The van der Waals surface area contributed by atoms with Crippen molar-refractivity contribution in [2.24, 2.45) is 5.73 Å². The number of nitrogens with one attached hydrogen (secondary N) is 1. The molecular formula is C12H18N2O. The van der Waals surface area contributed by atoms with Crippen molar-refractivity contribution in [2.75, 3.05) is 11.9 Å². The molecule has 0 heterocycles. The minimum atomic E-state index is -0.166. The van der Waals surface area contributed by atoms with Crippen LogP contribution >= 0.6 is 0 Å². The van der Waals surface area contributed by atoms with Crippen LogP contribution in [0.25, 0.3) is 0 Å². The van der Waals surface area contributed by atoms with E-state index in [0.29, 0.717) is 0 Å². The van der Waals surface area contributed by atoms with Crippen LogP contribution in [-0.4, -0.2) is 12.5 Å². The Kier molecular flexibility index (Phi) is 3.48. The summed E-state index contributed by atoms with van der Waals surface area (Å²) in [6.45, 7) is 6.42. The molecule has 3 nitrogen and oxygen atoms in total. The molecule has 1 aromatic rings. The van der Waals surface area contributed by atoms with E-state index in [-0.39, 0.29) is 17.9 Å². The van der Waals surface area contributed by atoms with Gasteiger partial charge in [0.25, 0.3) is 0 Å². The average molecular weight is 206 g/mol. The quantitative estimate of drug-likeness (QED) is 0.776. The van der Waals surface area contributed by atoms with Crippen molar-refractivity contribution >= 4 is 11.6 Å². The third kappa shape index (κ3) is 3.36. The molecule has 0 aliphatic rings. The van der Waals surface area contributed by atoms with Crippen molar-refractivity contribution in [1.82, 2.24) is 0 Å². The first kappa shape index (κ1) is 11.7. The van der Waals surface area contributed by atoms with Crippen molar-refractivity contribution < 1.29 is 4.79 Å². The van der Waals surface area contributed by atoms with E-state index in [1.807, 2.05) is 18.2 Å². The molecule has 0 radical (unpaired) electrons. The summed E-state index contributed by atoms with van der Waals surface area (Å²) in [4.78, 5) is 11.1. The highest BCUT2D eigenvalue weighted by Gasteiger charge is 2.13. The maximum absolute atomic E-state index is 11.1. The summed E-state index contributed by atoms with van der Waals surface area (Å²) < 4.78 is 0. The monoisotopic (exact) mass is 206 g/mol. The zero-order chi connectivity index (χ0) is 11.5. The number of amides is 1. The van der Waals surface area contributed by atoms with Gasteiger partial charge in [0.2, 0.25) is 5.91 Å². The Bertz CT molecular complexity index is 353. The SMILES string of the molecule is CC(C)(C)c1cccc(NC(=O)CN)c1. The van der Waals surface area contributed by atoms with Crippen molar-refractivity contribution in [2.45, 2.75) is 26.2 Å². The summed E-state index contributed by atoms with van der Waals surface area (Å²) in [5, 5.41) is 2.74. The molecule has 0 aliphatic heterocycles. The van der Waals surface area contributed by atoms with Gasteiger partial charge in [0.15, 0.2) is 0 Å². The molecule has 1 amide bonds. The minimum Gasteiger partial charge on any atom is -0.325 e. The summed E-state index contributed by atoms with van der Waals surface area (Å²) in [6, 6.07) is 7.83. The highest BCUT2D eigenvalue weighted by Crippen LogP contribution is 2.24. The van der Waals surface area contributed by atoms with Gasteiger partial charge in [0.1, 0.15) is 0 Å². The second-order valence-electron chi connectivity index (χ2n) is 4.58. The Morgan fingerprint density at radius 1 is 1.40 bits per heavy atom. The van der Waals surface area contributed by atoms with Crippen LogP contribution in [0.4, 0.5) is 5.69 Å². The van der Waals surface area contributed by atoms with E-state index in [1.54, 1.807) is 0 Å². The zero-order valence-electron chi connectivity index (χ0n) is 9.50. The number of benzene rings is 1. The van der Waals surface area contributed by atoms with E-state index in [1.165, 1.54) is 5.56 Å². The van der Waals surface area contributed by atoms with Crippen molar-refractivity contribution in [3.8, 4) is 0 Å². The van der Waals surface area contributed by atoms with Crippen LogP contribution in [0.1, 0.15) is 26.3 Å². The Labute approximate surface area is 90.7 Å². The van der Waals surface area contributed by atoms with E-state index >= 15 is 0 Å². The number of nitrogens with two attached hydrogens (primary N) is 1. The van der Waals surface area contributed by atoms with Crippen molar-refractivity contribution in [3.63, 3.8) is 0 Å². The first-order valence-electron chi connectivity index (χ1n) is 5.04. The molecule has 82 valence electrons. The van der Waals surface area contributed by atoms with Crippen LogP contribution in [0, 0.1) is 0 Å². The lowest BCUT2D eigenvalue weighted by Crippen LogP contribution is -2.22. The molecule has 0 atom stereocenters. The van der Waals surface area contributed by atoms with Gasteiger partial charge < -0.3 is 11.1 Å². The van der Waals surface area contributed by atoms with Gasteiger partial charge in [0, 0.05) is 5.69 Å². The first-order valence-corrected chi connectivity index (χ1v) is 5.04. The predicted molar refractivity (Wildman–Crippen MR) is 62.8 cm³/mol. The molecular weight excluding hydrogens is 188 g/mol. The molecule has 0 aromatic heterocycles. The summed E-state index contributed by atoms with van der Waals surface area (Å²) in [7, 11) is 0. The number of anilines is 1. The van der Waals surface area contributed by atoms with E-state index in [4.69, 9.17) is 5.73 Å². The lowest BCUT2D eigenvalue weighted by molar-refractivity contribution is -0.114. The average Bonchev–Trinajstić information content (AvgIpc) is 2.17. The predicted octanol–water partition coefficient (Wildman–Crippen LogP) is 1.88. The Balaban J connectivity index is 2.88. The van der Waals surface area contributed by atoms with Crippen LogP contribution < -0.4 is 11.1 Å². The summed E-state index contributed by atoms with van der Waals surface area (Å²) in [6.07, 6.45) is 0. The molecule has 15 heavy (non-hydrogen) atoms. The molecule has 0 fully saturated rings. The van der Waals surface area contributed by atoms with Gasteiger partial charge in [-0.2, -0.15) is 0 Å². The molecule has 0 saturated carbocycles. The second kappa shape index (κ2) is 4.45. The Morgan fingerprint density at radius 3 is 2.60 bits per heavy atom. The van der Waals surface area contributed by atoms with Gasteiger partial charge in [0.05, 0.1) is 6.54 Å². The Hall–Kier alpha value is -1.35. The van der Waals surface area contributed by atoms with Crippen LogP contribution in [0.15, 0.2) is 24.3 Å². The van der Waals surface area contributed by atoms with E-state index in [0.717, 1.165) is 5.69 Å². The van der Waals surface area contributed by atoms with Gasteiger partial charge in [-0.1, -0.05) is 32.9 Å². The molecule has 0 unspecified atom stereocenters. The highest BCUT2D eigenvalue weighted by molar-refractivity contribution is 5.92. The molecule has 1 aromatic carbocycles. The van der Waals surface area contributed by atoms with Crippen molar-refractivity contribution in [3.05, 3.63) is 29.8 Å². The number of carbonyl (C=O) groups excluding carboxylic acids is 1. The van der Waals surface area contributed by atoms with Crippen molar-refractivity contribution in [1.29, 1.82) is 0 Å². The van der Waals surface area contributed by atoms with Gasteiger partial charge in [-0.05, 0) is 23.1 Å². The molecule has 3 N–H and O–H groups in total. The molecule has 1 rings (SSSR count). The van der Waals surface area contributed by atoms with E-state index in [2.05, 4.69) is 32.2 Å². The van der Waals surface area contributed by atoms with Gasteiger partial charge >= 0.3 is 0 Å². The summed E-state index contributed by atoms with van der Waals surface area (Å²) >= 11 is 0. The van der Waals surface area contributed by atoms with Gasteiger partial charge in [-0.25, -0.2) is 0 Å². The third-order valence-corrected chi connectivity index (χ3v) is 2.20. The molecule has 0 bridgehead atoms. The first-order chi connectivity index (χ1) is 6.93. The highest BCUT2D eigenvalue weighted by atomic mass is 16.1. The van der Waals surface area contributed by atoms with Gasteiger partial charge in [-0.3, -0.25) is 4.79 Å². The van der Waals surface area contributed by atoms with E-state index < -0.39 is 0 Å². The lowest BCUT2D eigenvalue weighted by atomic mass is 9.87. The summed E-state index contributed by atoms with van der Waals surface area (Å²) in [5.74, 6) is -0.166. The number of rotatable bonds is 2. The zero-order valence-corrected chi connectivity index (χ0v) is 9.50. The maximum Gasteiger partial charge on any atom is 0.238 e.